The number of amides is 2. The number of rotatable bonds is 6. The molecule has 0 aliphatic carbocycles. The van der Waals surface area contributed by atoms with Crippen LogP contribution in [0.2, 0.25) is 5.02 Å². The average molecular weight is 388 g/mol. The van der Waals surface area contributed by atoms with Gasteiger partial charge in [-0.25, -0.2) is 0 Å². The number of fused-ring (bicyclic) bond motifs is 1. The smallest absolute Gasteiger partial charge is 0.268 e. The van der Waals surface area contributed by atoms with Gasteiger partial charge in [-0.2, -0.15) is 0 Å². The van der Waals surface area contributed by atoms with E-state index >= 15 is 0 Å². The Morgan fingerprint density at radius 2 is 1.85 bits per heavy atom. The van der Waals surface area contributed by atoms with Gasteiger partial charge in [0.1, 0.15) is 17.2 Å². The van der Waals surface area contributed by atoms with Crippen molar-refractivity contribution in [2.45, 2.75) is 0 Å². The van der Waals surface area contributed by atoms with Crippen LogP contribution in [0.1, 0.15) is 10.5 Å². The molecule has 0 fully saturated rings. The number of carbonyl (C=O) groups excluding carboxylic acids is 2. The van der Waals surface area contributed by atoms with E-state index in [4.69, 9.17) is 21.1 Å². The maximum atomic E-state index is 12.3. The summed E-state index contributed by atoms with van der Waals surface area (Å²) >= 11 is 6.02. The van der Waals surface area contributed by atoms with Crippen LogP contribution in [-0.2, 0) is 4.79 Å². The number of hydrogen-bond acceptors (Lipinski definition) is 4. The second-order valence-corrected chi connectivity index (χ2v) is 6.09. The first-order valence-corrected chi connectivity index (χ1v) is 8.47. The number of H-pyrrole nitrogens is 1. The van der Waals surface area contributed by atoms with Crippen molar-refractivity contribution in [3.8, 4) is 11.5 Å². The number of aromatic nitrogens is 1. The van der Waals surface area contributed by atoms with E-state index < -0.39 is 5.91 Å². The van der Waals surface area contributed by atoms with Gasteiger partial charge in [0, 0.05) is 16.6 Å². The Balaban J connectivity index is 1.62. The summed E-state index contributed by atoms with van der Waals surface area (Å²) in [6.45, 7) is -0.186. The van der Waals surface area contributed by atoms with Gasteiger partial charge in [0.05, 0.1) is 25.8 Å². The van der Waals surface area contributed by atoms with Crippen LogP contribution in [0.3, 0.4) is 0 Å². The molecule has 3 N–H and O–H groups in total. The maximum absolute atomic E-state index is 12.3. The lowest BCUT2D eigenvalue weighted by Crippen LogP contribution is -2.33. The first-order chi connectivity index (χ1) is 13.0. The Morgan fingerprint density at radius 1 is 1.07 bits per heavy atom. The number of ether oxygens (including phenoxy) is 2. The summed E-state index contributed by atoms with van der Waals surface area (Å²) in [6, 6.07) is 12.0. The number of aromatic amines is 1. The van der Waals surface area contributed by atoms with Crippen LogP contribution in [0.5, 0.6) is 11.5 Å². The van der Waals surface area contributed by atoms with Gasteiger partial charge in [-0.1, -0.05) is 17.7 Å². The predicted molar refractivity (Wildman–Crippen MR) is 104 cm³/mol. The minimum Gasteiger partial charge on any atom is -0.496 e. The van der Waals surface area contributed by atoms with Crippen molar-refractivity contribution in [3.05, 3.63) is 53.2 Å². The summed E-state index contributed by atoms with van der Waals surface area (Å²) < 4.78 is 10.3. The molecule has 140 valence electrons. The molecule has 0 aliphatic rings. The van der Waals surface area contributed by atoms with Gasteiger partial charge in [0.15, 0.2) is 0 Å². The summed E-state index contributed by atoms with van der Waals surface area (Å²) in [5, 5.41) is 6.41. The van der Waals surface area contributed by atoms with Gasteiger partial charge in [-0.15, -0.1) is 0 Å². The monoisotopic (exact) mass is 387 g/mol. The summed E-state index contributed by atoms with van der Waals surface area (Å²) in [5.74, 6) is 0.406. The molecule has 2 amide bonds. The second-order valence-electron chi connectivity index (χ2n) is 5.68. The number of methoxy groups -OCH3 is 2. The van der Waals surface area contributed by atoms with Gasteiger partial charge < -0.3 is 25.1 Å². The molecule has 0 unspecified atom stereocenters. The van der Waals surface area contributed by atoms with Crippen LogP contribution in [0, 0.1) is 0 Å². The van der Waals surface area contributed by atoms with Crippen LogP contribution in [0.4, 0.5) is 5.69 Å². The average Bonchev–Trinajstić information content (AvgIpc) is 3.10. The van der Waals surface area contributed by atoms with E-state index in [9.17, 15) is 9.59 Å². The first kappa shape index (κ1) is 18.6. The molecule has 1 heterocycles. The Bertz CT molecular complexity index is 1000. The zero-order valence-electron chi connectivity index (χ0n) is 14.8. The number of halogens is 1. The molecule has 1 aromatic heterocycles. The summed E-state index contributed by atoms with van der Waals surface area (Å²) in [6.07, 6.45) is 0. The maximum Gasteiger partial charge on any atom is 0.268 e. The summed E-state index contributed by atoms with van der Waals surface area (Å²) in [5.41, 5.74) is 1.63. The number of carbonyl (C=O) groups is 2. The van der Waals surface area contributed by atoms with E-state index in [1.807, 2.05) is 18.2 Å². The molecular formula is C19H18ClN3O4. The van der Waals surface area contributed by atoms with Crippen molar-refractivity contribution in [3.63, 3.8) is 0 Å². The molecule has 0 saturated carbocycles. The molecule has 2 aromatic carbocycles. The van der Waals surface area contributed by atoms with Crippen LogP contribution in [-0.4, -0.2) is 37.6 Å². The molecule has 27 heavy (non-hydrogen) atoms. The fourth-order valence-corrected chi connectivity index (χ4v) is 2.89. The minimum atomic E-state index is -0.392. The van der Waals surface area contributed by atoms with E-state index in [-0.39, 0.29) is 12.5 Å². The predicted octanol–water partition coefficient (Wildman–Crippen LogP) is 3.21. The lowest BCUT2D eigenvalue weighted by molar-refractivity contribution is -0.115. The van der Waals surface area contributed by atoms with Crippen molar-refractivity contribution >= 4 is 40.0 Å². The van der Waals surface area contributed by atoms with Gasteiger partial charge in [0.25, 0.3) is 5.91 Å². The first-order valence-electron chi connectivity index (χ1n) is 8.09. The van der Waals surface area contributed by atoms with Crippen molar-refractivity contribution in [2.24, 2.45) is 0 Å². The molecule has 3 rings (SSSR count). The van der Waals surface area contributed by atoms with Crippen LogP contribution in [0.15, 0.2) is 42.5 Å². The van der Waals surface area contributed by atoms with E-state index in [0.29, 0.717) is 27.9 Å². The zero-order chi connectivity index (χ0) is 19.4. The second kappa shape index (κ2) is 8.01. The zero-order valence-corrected chi connectivity index (χ0v) is 15.5. The topological polar surface area (TPSA) is 92.5 Å². The highest BCUT2D eigenvalue weighted by Gasteiger charge is 2.13. The molecule has 0 bridgehead atoms. The summed E-state index contributed by atoms with van der Waals surface area (Å²) in [7, 11) is 3.08. The third-order valence-electron chi connectivity index (χ3n) is 3.93. The van der Waals surface area contributed by atoms with Gasteiger partial charge in [0.2, 0.25) is 5.91 Å². The van der Waals surface area contributed by atoms with Crippen LogP contribution < -0.4 is 20.1 Å². The molecule has 3 aromatic rings. The van der Waals surface area contributed by atoms with Gasteiger partial charge in [-0.3, -0.25) is 9.59 Å². The lowest BCUT2D eigenvalue weighted by Gasteiger charge is -2.08. The van der Waals surface area contributed by atoms with Gasteiger partial charge in [-0.05, 0) is 36.4 Å². The molecule has 0 saturated heterocycles. The van der Waals surface area contributed by atoms with Crippen molar-refractivity contribution in [1.29, 1.82) is 0 Å². The van der Waals surface area contributed by atoms with E-state index in [1.165, 1.54) is 7.11 Å². The van der Waals surface area contributed by atoms with Gasteiger partial charge >= 0.3 is 0 Å². The number of anilines is 1. The standard InChI is InChI=1S/C19H18ClN3O4/c1-26-16-5-3-4-14-12(16)9-15(23-14)19(25)21-10-18(24)22-11-6-7-17(27-2)13(20)8-11/h3-9,23H,10H2,1-2H3,(H,21,25)(H,22,24). The molecule has 0 atom stereocenters. The number of nitrogens with one attached hydrogen (secondary N) is 3. The Hall–Kier alpha value is -3.19. The number of benzene rings is 2. The minimum absolute atomic E-state index is 0.186. The van der Waals surface area contributed by atoms with E-state index in [1.54, 1.807) is 31.4 Å². The van der Waals surface area contributed by atoms with E-state index in [2.05, 4.69) is 15.6 Å². The molecule has 0 aliphatic heterocycles. The normalized spacial score (nSPS) is 10.5. The number of hydrogen-bond donors (Lipinski definition) is 3. The lowest BCUT2D eigenvalue weighted by atomic mass is 10.2. The molecule has 0 spiro atoms. The van der Waals surface area contributed by atoms with Crippen LogP contribution in [0.25, 0.3) is 10.9 Å². The Kier molecular flexibility index (Phi) is 5.52. The van der Waals surface area contributed by atoms with Crippen LogP contribution >= 0.6 is 11.6 Å². The van der Waals surface area contributed by atoms with Crippen molar-refractivity contribution in [2.75, 3.05) is 26.1 Å². The highest BCUT2D eigenvalue weighted by Crippen LogP contribution is 2.27. The fourth-order valence-electron chi connectivity index (χ4n) is 2.63. The largest absolute Gasteiger partial charge is 0.496 e. The van der Waals surface area contributed by atoms with Crippen molar-refractivity contribution in [1.82, 2.24) is 10.3 Å². The molecule has 8 heteroatoms. The Labute approximate surface area is 160 Å². The Morgan fingerprint density at radius 3 is 2.56 bits per heavy atom. The third-order valence-corrected chi connectivity index (χ3v) is 4.23. The molecule has 7 nitrogen and oxygen atoms in total. The highest BCUT2D eigenvalue weighted by atomic mass is 35.5. The SMILES string of the molecule is COc1ccc(NC(=O)CNC(=O)c2cc3c(OC)cccc3[nH]2)cc1Cl. The third kappa shape index (κ3) is 4.15. The highest BCUT2D eigenvalue weighted by molar-refractivity contribution is 6.32. The molecule has 0 radical (unpaired) electrons. The quantitative estimate of drug-likeness (QED) is 0.605. The fraction of sp³-hybridized carbons (Fsp3) is 0.158. The molecular weight excluding hydrogens is 370 g/mol. The summed E-state index contributed by atoms with van der Waals surface area (Å²) in [4.78, 5) is 27.4. The van der Waals surface area contributed by atoms with E-state index in [0.717, 1.165) is 10.9 Å². The van der Waals surface area contributed by atoms with Crippen molar-refractivity contribution < 1.29 is 19.1 Å².